The topological polar surface area (TPSA) is 84.9 Å². The van der Waals surface area contributed by atoms with Crippen LogP contribution in [0.2, 0.25) is 0 Å². The molecule has 0 saturated heterocycles. The number of carbonyl (C=O) groups excluding carboxylic acids is 3. The van der Waals surface area contributed by atoms with Crippen LogP contribution in [0.25, 0.3) is 0 Å². The number of nitrogens with one attached hydrogen (secondary N) is 1. The number of benzene rings is 2. The molecule has 0 bridgehead atoms. The third-order valence-electron chi connectivity index (χ3n) is 5.12. The molecule has 7 nitrogen and oxygen atoms in total. The SMILES string of the molecule is CC[C@H](SCc1ccccc1)[C@](C=O)(c1ccccc1)N(NC(=O)OC(C)(C)C)C(=O)OC(C)(C)C. The van der Waals surface area contributed by atoms with Crippen molar-refractivity contribution in [3.8, 4) is 0 Å². The van der Waals surface area contributed by atoms with E-state index in [0.29, 0.717) is 17.7 Å². The number of hydrazine groups is 1. The van der Waals surface area contributed by atoms with Crippen LogP contribution in [0.1, 0.15) is 66.0 Å². The molecule has 1 N–H and O–H groups in total. The van der Waals surface area contributed by atoms with E-state index in [-0.39, 0.29) is 0 Å². The van der Waals surface area contributed by atoms with Crippen molar-refractivity contribution in [1.29, 1.82) is 0 Å². The molecule has 0 spiro atoms. The summed E-state index contributed by atoms with van der Waals surface area (Å²) in [5.41, 5.74) is 0.930. The Morgan fingerprint density at radius 1 is 0.917 bits per heavy atom. The van der Waals surface area contributed by atoms with Crippen LogP contribution in [0.15, 0.2) is 60.7 Å². The predicted molar refractivity (Wildman–Crippen MR) is 143 cm³/mol. The zero-order valence-corrected chi connectivity index (χ0v) is 23.1. The second-order valence-electron chi connectivity index (χ2n) is 10.4. The summed E-state index contributed by atoms with van der Waals surface area (Å²) in [6, 6.07) is 18.8. The molecule has 196 valence electrons. The number of aldehydes is 1. The summed E-state index contributed by atoms with van der Waals surface area (Å²) in [4.78, 5) is 39.7. The number of rotatable bonds is 8. The molecule has 0 radical (unpaired) electrons. The minimum absolute atomic E-state index is 0.430. The number of thioether (sulfide) groups is 1. The fourth-order valence-electron chi connectivity index (χ4n) is 3.68. The highest BCUT2D eigenvalue weighted by Crippen LogP contribution is 2.40. The molecule has 0 fully saturated rings. The fraction of sp³-hybridized carbons (Fsp3) is 0.464. The number of carbonyl (C=O) groups is 3. The lowest BCUT2D eigenvalue weighted by Crippen LogP contribution is -2.64. The van der Waals surface area contributed by atoms with Crippen molar-refractivity contribution in [2.24, 2.45) is 0 Å². The van der Waals surface area contributed by atoms with E-state index in [0.717, 1.165) is 16.9 Å². The van der Waals surface area contributed by atoms with E-state index < -0.39 is 34.2 Å². The number of hydrogen-bond acceptors (Lipinski definition) is 6. The van der Waals surface area contributed by atoms with Crippen molar-refractivity contribution in [2.75, 3.05) is 0 Å². The Bertz CT molecular complexity index is 1000. The lowest BCUT2D eigenvalue weighted by atomic mass is 9.85. The number of amides is 2. The van der Waals surface area contributed by atoms with Crippen LogP contribution < -0.4 is 5.43 Å². The first-order chi connectivity index (χ1) is 16.8. The molecule has 2 atom stereocenters. The second kappa shape index (κ2) is 12.3. The molecule has 8 heteroatoms. The van der Waals surface area contributed by atoms with E-state index in [1.165, 1.54) is 11.8 Å². The average Bonchev–Trinajstić information content (AvgIpc) is 2.79. The van der Waals surface area contributed by atoms with E-state index in [1.807, 2.05) is 43.3 Å². The molecule has 2 aromatic rings. The maximum atomic E-state index is 13.6. The van der Waals surface area contributed by atoms with Gasteiger partial charge in [-0.25, -0.2) is 15.0 Å². The summed E-state index contributed by atoms with van der Waals surface area (Å²) in [6.07, 6.45) is -0.475. The normalized spacial score (nSPS) is 14.2. The summed E-state index contributed by atoms with van der Waals surface area (Å²) in [6.45, 7) is 12.3. The predicted octanol–water partition coefficient (Wildman–Crippen LogP) is 6.47. The molecule has 2 rings (SSSR count). The van der Waals surface area contributed by atoms with Crippen molar-refractivity contribution < 1.29 is 23.9 Å². The largest absolute Gasteiger partial charge is 0.443 e. The number of nitrogens with zero attached hydrogens (tertiary/aromatic N) is 1. The van der Waals surface area contributed by atoms with Crippen molar-refractivity contribution in [3.05, 3.63) is 71.8 Å². The molecule has 0 aliphatic heterocycles. The lowest BCUT2D eigenvalue weighted by molar-refractivity contribution is -0.121. The molecule has 0 aliphatic carbocycles. The second-order valence-corrected chi connectivity index (χ2v) is 11.6. The van der Waals surface area contributed by atoms with Gasteiger partial charge in [0.1, 0.15) is 11.2 Å². The summed E-state index contributed by atoms with van der Waals surface area (Å²) in [7, 11) is 0. The molecule has 0 aromatic heterocycles. The Hall–Kier alpha value is -3.00. The van der Waals surface area contributed by atoms with Gasteiger partial charge in [-0.2, -0.15) is 16.8 Å². The van der Waals surface area contributed by atoms with Crippen molar-refractivity contribution in [1.82, 2.24) is 10.4 Å². The zero-order valence-electron chi connectivity index (χ0n) is 22.2. The Kier molecular flexibility index (Phi) is 9.99. The maximum absolute atomic E-state index is 13.6. The molecule has 36 heavy (non-hydrogen) atoms. The van der Waals surface area contributed by atoms with Gasteiger partial charge in [0.05, 0.1) is 0 Å². The van der Waals surface area contributed by atoms with Gasteiger partial charge in [-0.1, -0.05) is 67.6 Å². The number of ether oxygens (including phenoxy) is 2. The van der Waals surface area contributed by atoms with Gasteiger partial charge < -0.3 is 14.3 Å². The van der Waals surface area contributed by atoms with Crippen molar-refractivity contribution >= 4 is 30.2 Å². The molecular weight excluding hydrogens is 476 g/mol. The van der Waals surface area contributed by atoms with Crippen LogP contribution in [0.4, 0.5) is 9.59 Å². The van der Waals surface area contributed by atoms with Gasteiger partial charge in [0, 0.05) is 11.0 Å². The minimum Gasteiger partial charge on any atom is -0.443 e. The summed E-state index contributed by atoms with van der Waals surface area (Å²) >= 11 is 1.53. The number of hydrogen-bond donors (Lipinski definition) is 1. The Balaban J connectivity index is 2.63. The van der Waals surface area contributed by atoms with E-state index in [2.05, 4.69) is 5.43 Å². The van der Waals surface area contributed by atoms with Crippen LogP contribution in [0.3, 0.4) is 0 Å². The summed E-state index contributed by atoms with van der Waals surface area (Å²) < 4.78 is 11.1. The van der Waals surface area contributed by atoms with Crippen molar-refractivity contribution in [3.63, 3.8) is 0 Å². The molecule has 2 aromatic carbocycles. The Morgan fingerprint density at radius 3 is 1.92 bits per heavy atom. The van der Waals surface area contributed by atoms with Gasteiger partial charge in [0.2, 0.25) is 0 Å². The monoisotopic (exact) mass is 514 g/mol. The first-order valence-electron chi connectivity index (χ1n) is 12.0. The quantitative estimate of drug-likeness (QED) is 0.321. The zero-order chi connectivity index (χ0) is 27.0. The van der Waals surface area contributed by atoms with E-state index in [1.54, 1.807) is 65.8 Å². The lowest BCUT2D eigenvalue weighted by Gasteiger charge is -2.44. The average molecular weight is 515 g/mol. The first-order valence-corrected chi connectivity index (χ1v) is 13.1. The molecule has 0 unspecified atom stereocenters. The highest BCUT2D eigenvalue weighted by atomic mass is 32.2. The van der Waals surface area contributed by atoms with Gasteiger partial charge in [-0.3, -0.25) is 0 Å². The summed E-state index contributed by atoms with van der Waals surface area (Å²) in [5, 5.41) is 0.570. The van der Waals surface area contributed by atoms with Crippen molar-refractivity contribution in [2.45, 2.75) is 82.6 Å². The van der Waals surface area contributed by atoms with E-state index in [9.17, 15) is 14.4 Å². The highest BCUT2D eigenvalue weighted by molar-refractivity contribution is 7.99. The maximum Gasteiger partial charge on any atom is 0.430 e. The minimum atomic E-state index is -1.57. The molecule has 0 aliphatic rings. The van der Waals surface area contributed by atoms with Crippen LogP contribution >= 0.6 is 11.8 Å². The van der Waals surface area contributed by atoms with E-state index in [4.69, 9.17) is 9.47 Å². The Labute approximate surface area is 218 Å². The van der Waals surface area contributed by atoms with Gasteiger partial charge >= 0.3 is 12.2 Å². The van der Waals surface area contributed by atoms with Crippen LogP contribution in [-0.4, -0.2) is 39.9 Å². The van der Waals surface area contributed by atoms with E-state index >= 15 is 0 Å². The molecule has 0 heterocycles. The van der Waals surface area contributed by atoms with Gasteiger partial charge in [0.15, 0.2) is 11.8 Å². The standard InChI is InChI=1S/C28H38N2O5S/c1-8-23(36-19-21-15-11-9-12-16-21)28(20-31,22-17-13-10-14-18-22)30(25(33)35-27(5,6)7)29-24(32)34-26(2,3)4/h9-18,20,23H,8,19H2,1-7H3,(H,29,32)/t23-,28-/m0/s1. The Morgan fingerprint density at radius 2 is 1.44 bits per heavy atom. The van der Waals surface area contributed by atoms with Gasteiger partial charge in [-0.05, 0) is 59.1 Å². The van der Waals surface area contributed by atoms with Crippen LogP contribution in [0.5, 0.6) is 0 Å². The third kappa shape index (κ3) is 8.01. The third-order valence-corrected chi connectivity index (χ3v) is 6.71. The van der Waals surface area contributed by atoms with Crippen LogP contribution in [-0.2, 0) is 25.6 Å². The summed E-state index contributed by atoms with van der Waals surface area (Å²) in [5.74, 6) is 0.608. The first kappa shape index (κ1) is 29.2. The molecular formula is C28H38N2O5S. The van der Waals surface area contributed by atoms with Gasteiger partial charge in [-0.15, -0.1) is 0 Å². The fourth-order valence-corrected chi connectivity index (χ4v) is 5.05. The molecule has 0 saturated carbocycles. The van der Waals surface area contributed by atoms with Gasteiger partial charge in [0.25, 0.3) is 0 Å². The highest BCUT2D eigenvalue weighted by Gasteiger charge is 2.50. The smallest absolute Gasteiger partial charge is 0.430 e. The van der Waals surface area contributed by atoms with Crippen LogP contribution in [0, 0.1) is 0 Å². The molecule has 2 amide bonds.